The van der Waals surface area contributed by atoms with Crippen molar-refractivity contribution in [2.75, 3.05) is 12.9 Å². The summed E-state index contributed by atoms with van der Waals surface area (Å²) in [7, 11) is 1.60. The average Bonchev–Trinajstić information content (AvgIpc) is 3.35. The van der Waals surface area contributed by atoms with E-state index in [0.717, 1.165) is 41.1 Å². The maximum absolute atomic E-state index is 12.8. The van der Waals surface area contributed by atoms with Gasteiger partial charge in [-0.3, -0.25) is 4.79 Å². The lowest BCUT2D eigenvalue weighted by molar-refractivity contribution is 0.102. The Balaban J connectivity index is 1.69. The Bertz CT molecular complexity index is 1190. The summed E-state index contributed by atoms with van der Waals surface area (Å²) in [5, 5.41) is 12.9. The number of benzene rings is 1. The highest BCUT2D eigenvalue weighted by atomic mass is 32.2. The summed E-state index contributed by atoms with van der Waals surface area (Å²) in [6.07, 6.45) is 2.93. The van der Waals surface area contributed by atoms with Gasteiger partial charge in [-0.05, 0) is 71.9 Å². The zero-order valence-corrected chi connectivity index (χ0v) is 21.1. The fraction of sp³-hybridized carbons (Fsp3) is 0.370. The first kappa shape index (κ1) is 23.5. The molecular weight excluding hydrogens is 448 g/mol. The number of nitriles is 1. The lowest BCUT2D eigenvalue weighted by atomic mass is 9.70. The predicted octanol–water partition coefficient (Wildman–Crippen LogP) is 6.82. The standard InChI is InChI=1S/C27H28N2O2S2/c1-27(2,3)18-9-12-22-20(14-18)25(24-6-5-13-32-24)21(15-28)26(29-22)33-16-23(30)17-7-10-19(31-4)11-8-17/h5-8,10-11,13,18H,9,12,14,16H2,1-4H3/t18-/m0/s1. The van der Waals surface area contributed by atoms with Gasteiger partial charge in [0, 0.05) is 21.7 Å². The number of carbonyl (C=O) groups excluding carboxylic acids is 1. The van der Waals surface area contributed by atoms with Crippen LogP contribution in [0.2, 0.25) is 0 Å². The Hall–Kier alpha value is -2.62. The fourth-order valence-electron chi connectivity index (χ4n) is 4.37. The number of ketones is 1. The maximum Gasteiger partial charge on any atom is 0.173 e. The molecular formula is C27H28N2O2S2. The van der Waals surface area contributed by atoms with Crippen LogP contribution in [-0.2, 0) is 12.8 Å². The molecule has 4 rings (SSSR count). The summed E-state index contributed by atoms with van der Waals surface area (Å²) in [4.78, 5) is 18.8. The third-order valence-corrected chi connectivity index (χ3v) is 8.25. The maximum atomic E-state index is 12.8. The lowest BCUT2D eigenvalue weighted by Gasteiger charge is -2.35. The molecule has 1 aromatic carbocycles. The first-order chi connectivity index (χ1) is 15.8. The molecule has 0 N–H and O–H groups in total. The summed E-state index contributed by atoms with van der Waals surface area (Å²) >= 11 is 3.02. The number of hydrogen-bond donors (Lipinski definition) is 0. The molecule has 0 radical (unpaired) electrons. The topological polar surface area (TPSA) is 63.0 Å². The number of aryl methyl sites for hydroxylation is 1. The van der Waals surface area contributed by atoms with E-state index in [9.17, 15) is 10.1 Å². The molecule has 0 fully saturated rings. The van der Waals surface area contributed by atoms with E-state index in [1.807, 2.05) is 11.4 Å². The molecule has 1 atom stereocenters. The number of hydrogen-bond acceptors (Lipinski definition) is 6. The third kappa shape index (κ3) is 5.00. The van der Waals surface area contributed by atoms with Gasteiger partial charge in [0.1, 0.15) is 16.8 Å². The van der Waals surface area contributed by atoms with E-state index in [-0.39, 0.29) is 17.0 Å². The third-order valence-electron chi connectivity index (χ3n) is 6.39. The number of nitrogens with zero attached hydrogens (tertiary/aromatic N) is 2. The number of thiophene rings is 1. The fourth-order valence-corrected chi connectivity index (χ4v) is 6.07. The van der Waals surface area contributed by atoms with Crippen molar-refractivity contribution in [1.82, 2.24) is 4.98 Å². The molecule has 2 heterocycles. The molecule has 33 heavy (non-hydrogen) atoms. The first-order valence-corrected chi connectivity index (χ1v) is 13.0. The quantitative estimate of drug-likeness (QED) is 0.289. The second-order valence-electron chi connectivity index (χ2n) is 9.43. The zero-order chi connectivity index (χ0) is 23.6. The van der Waals surface area contributed by atoms with Crippen LogP contribution in [0.15, 0.2) is 46.8 Å². The summed E-state index contributed by atoms with van der Waals surface area (Å²) in [5.74, 6) is 1.52. The summed E-state index contributed by atoms with van der Waals surface area (Å²) in [5.41, 5.74) is 4.74. The molecule has 0 saturated carbocycles. The normalized spacial score (nSPS) is 15.5. The van der Waals surface area contributed by atoms with Gasteiger partial charge in [0.05, 0.1) is 18.4 Å². The van der Waals surface area contributed by atoms with E-state index in [0.29, 0.717) is 22.1 Å². The van der Waals surface area contributed by atoms with Gasteiger partial charge in [0.15, 0.2) is 5.78 Å². The summed E-state index contributed by atoms with van der Waals surface area (Å²) in [6.45, 7) is 6.88. The smallest absolute Gasteiger partial charge is 0.173 e. The lowest BCUT2D eigenvalue weighted by Crippen LogP contribution is -2.28. The predicted molar refractivity (Wildman–Crippen MR) is 135 cm³/mol. The molecule has 0 spiro atoms. The van der Waals surface area contributed by atoms with Crippen molar-refractivity contribution in [2.45, 2.75) is 45.1 Å². The van der Waals surface area contributed by atoms with Crippen LogP contribution in [0, 0.1) is 22.7 Å². The highest BCUT2D eigenvalue weighted by molar-refractivity contribution is 8.00. The number of thioether (sulfide) groups is 1. The van der Waals surface area contributed by atoms with Gasteiger partial charge < -0.3 is 4.74 Å². The second kappa shape index (κ2) is 9.70. The van der Waals surface area contributed by atoms with Crippen LogP contribution in [0.1, 0.15) is 54.4 Å². The molecule has 0 unspecified atom stereocenters. The molecule has 0 amide bonds. The van der Waals surface area contributed by atoms with Crippen LogP contribution < -0.4 is 4.74 Å². The van der Waals surface area contributed by atoms with E-state index in [4.69, 9.17) is 9.72 Å². The summed E-state index contributed by atoms with van der Waals surface area (Å²) < 4.78 is 5.18. The monoisotopic (exact) mass is 476 g/mol. The van der Waals surface area contributed by atoms with Crippen LogP contribution in [0.4, 0.5) is 0 Å². The Morgan fingerprint density at radius 3 is 2.64 bits per heavy atom. The minimum atomic E-state index is 0.0107. The number of rotatable bonds is 6. The van der Waals surface area contributed by atoms with Crippen molar-refractivity contribution in [3.05, 3.63) is 64.2 Å². The van der Waals surface area contributed by atoms with Crippen LogP contribution in [-0.4, -0.2) is 23.6 Å². The number of aromatic nitrogens is 1. The Kier molecular flexibility index (Phi) is 6.92. The molecule has 0 saturated heterocycles. The van der Waals surface area contributed by atoms with Crippen LogP contribution in [0.5, 0.6) is 5.75 Å². The van der Waals surface area contributed by atoms with Gasteiger partial charge in [-0.15, -0.1) is 11.3 Å². The van der Waals surface area contributed by atoms with Crippen molar-refractivity contribution in [2.24, 2.45) is 11.3 Å². The largest absolute Gasteiger partial charge is 0.497 e. The zero-order valence-electron chi connectivity index (χ0n) is 19.5. The van der Waals surface area contributed by atoms with Crippen LogP contribution in [0.3, 0.4) is 0 Å². The number of fused-ring (bicyclic) bond motifs is 1. The molecule has 170 valence electrons. The van der Waals surface area contributed by atoms with Gasteiger partial charge in [-0.25, -0.2) is 4.98 Å². The second-order valence-corrected chi connectivity index (χ2v) is 11.3. The van der Waals surface area contributed by atoms with E-state index >= 15 is 0 Å². The number of ether oxygens (including phenoxy) is 1. The molecule has 4 nitrogen and oxygen atoms in total. The van der Waals surface area contributed by atoms with Gasteiger partial charge in [-0.2, -0.15) is 5.26 Å². The van der Waals surface area contributed by atoms with Crippen LogP contribution >= 0.6 is 23.1 Å². The Morgan fingerprint density at radius 2 is 2.03 bits per heavy atom. The van der Waals surface area contributed by atoms with Crippen LogP contribution in [0.25, 0.3) is 10.4 Å². The van der Waals surface area contributed by atoms with Gasteiger partial charge >= 0.3 is 0 Å². The van der Waals surface area contributed by atoms with Gasteiger partial charge in [0.2, 0.25) is 0 Å². The number of Topliss-reactive ketones (excluding diaryl/α,β-unsaturated/α-hetero) is 1. The SMILES string of the molecule is COc1ccc(C(=O)CSc2nc3c(c(-c4cccs4)c2C#N)C[C@@H](C(C)(C)C)CC3)cc1. The van der Waals surface area contributed by atoms with Crippen molar-refractivity contribution >= 4 is 28.9 Å². The Morgan fingerprint density at radius 1 is 1.27 bits per heavy atom. The van der Waals surface area contributed by atoms with Crippen molar-refractivity contribution in [3.8, 4) is 22.3 Å². The van der Waals surface area contributed by atoms with E-state index in [1.165, 1.54) is 17.3 Å². The highest BCUT2D eigenvalue weighted by Crippen LogP contribution is 2.44. The molecule has 1 aliphatic carbocycles. The summed E-state index contributed by atoms with van der Waals surface area (Å²) in [6, 6.07) is 13.7. The molecule has 0 aliphatic heterocycles. The van der Waals surface area contributed by atoms with E-state index in [1.54, 1.807) is 42.7 Å². The molecule has 1 aliphatic rings. The molecule has 0 bridgehead atoms. The number of pyridine rings is 1. The van der Waals surface area contributed by atoms with Crippen molar-refractivity contribution in [3.63, 3.8) is 0 Å². The first-order valence-electron chi connectivity index (χ1n) is 11.1. The molecule has 2 aromatic heterocycles. The number of carbonyl (C=O) groups is 1. The highest BCUT2D eigenvalue weighted by Gasteiger charge is 2.33. The van der Waals surface area contributed by atoms with E-state index < -0.39 is 0 Å². The van der Waals surface area contributed by atoms with Crippen molar-refractivity contribution in [1.29, 1.82) is 5.26 Å². The van der Waals surface area contributed by atoms with Gasteiger partial charge in [0.25, 0.3) is 0 Å². The van der Waals surface area contributed by atoms with Crippen molar-refractivity contribution < 1.29 is 9.53 Å². The average molecular weight is 477 g/mol. The van der Waals surface area contributed by atoms with Gasteiger partial charge in [-0.1, -0.05) is 38.6 Å². The van der Waals surface area contributed by atoms with E-state index in [2.05, 4.69) is 32.9 Å². The Labute approximate surface area is 204 Å². The molecule has 3 aromatic rings. The number of methoxy groups -OCH3 is 1. The minimum Gasteiger partial charge on any atom is -0.497 e. The minimum absolute atomic E-state index is 0.0107. The molecule has 6 heteroatoms.